The number of amides is 2. The van der Waals surface area contributed by atoms with Gasteiger partial charge in [0.15, 0.2) is 0 Å². The van der Waals surface area contributed by atoms with E-state index in [1.165, 1.54) is 11.1 Å². The van der Waals surface area contributed by atoms with Crippen LogP contribution in [0.4, 0.5) is 0 Å². The standard InChI is InChI=1S/C22H25N3O3/c1-14-4-2-3-5-16(14)12-23-17-11-20-21(27)24-19(22(28)25(20)13-17)10-15-6-8-18(26)9-7-15/h2-9,17,19-20,23,26H,10-13H2,1H3,(H,24,27)/t17-,19+,20-/m0/s1. The lowest BCUT2D eigenvalue weighted by Gasteiger charge is -2.34. The maximum absolute atomic E-state index is 12.9. The number of fused-ring (bicyclic) bond motifs is 1. The van der Waals surface area contributed by atoms with Gasteiger partial charge in [0.1, 0.15) is 17.8 Å². The highest BCUT2D eigenvalue weighted by molar-refractivity contribution is 5.97. The number of hydrogen-bond acceptors (Lipinski definition) is 4. The van der Waals surface area contributed by atoms with Crippen molar-refractivity contribution < 1.29 is 14.7 Å². The molecule has 2 aromatic carbocycles. The van der Waals surface area contributed by atoms with Gasteiger partial charge in [-0.25, -0.2) is 0 Å². The lowest BCUT2D eigenvalue weighted by molar-refractivity contribution is -0.147. The normalized spacial score (nSPS) is 24.2. The van der Waals surface area contributed by atoms with Crippen molar-refractivity contribution in [3.8, 4) is 5.75 Å². The largest absolute Gasteiger partial charge is 0.508 e. The molecular weight excluding hydrogens is 354 g/mol. The van der Waals surface area contributed by atoms with Crippen LogP contribution in [0.2, 0.25) is 0 Å². The van der Waals surface area contributed by atoms with Crippen molar-refractivity contribution in [1.29, 1.82) is 0 Å². The smallest absolute Gasteiger partial charge is 0.246 e. The Bertz CT molecular complexity index is 881. The summed E-state index contributed by atoms with van der Waals surface area (Å²) < 4.78 is 0. The van der Waals surface area contributed by atoms with Crippen molar-refractivity contribution in [2.75, 3.05) is 6.54 Å². The Morgan fingerprint density at radius 3 is 2.64 bits per heavy atom. The van der Waals surface area contributed by atoms with Gasteiger partial charge < -0.3 is 20.6 Å². The molecule has 4 rings (SSSR count). The molecular formula is C22H25N3O3. The Hall–Kier alpha value is -2.86. The van der Waals surface area contributed by atoms with Crippen molar-refractivity contribution in [3.63, 3.8) is 0 Å². The van der Waals surface area contributed by atoms with Crippen LogP contribution >= 0.6 is 0 Å². The molecule has 0 bridgehead atoms. The first kappa shape index (κ1) is 18.5. The number of nitrogens with zero attached hydrogens (tertiary/aromatic N) is 1. The number of carbonyl (C=O) groups is 2. The third-order valence-electron chi connectivity index (χ3n) is 5.72. The molecule has 146 valence electrons. The second kappa shape index (κ2) is 7.64. The molecule has 0 spiro atoms. The van der Waals surface area contributed by atoms with E-state index in [0.29, 0.717) is 19.4 Å². The van der Waals surface area contributed by atoms with Gasteiger partial charge in [0, 0.05) is 25.6 Å². The summed E-state index contributed by atoms with van der Waals surface area (Å²) in [6.45, 7) is 3.36. The topological polar surface area (TPSA) is 81.7 Å². The van der Waals surface area contributed by atoms with E-state index in [1.807, 2.05) is 12.1 Å². The summed E-state index contributed by atoms with van der Waals surface area (Å²) in [5.41, 5.74) is 3.37. The lowest BCUT2D eigenvalue weighted by Crippen LogP contribution is -2.61. The van der Waals surface area contributed by atoms with E-state index in [-0.39, 0.29) is 23.6 Å². The average molecular weight is 379 g/mol. The Labute approximate surface area is 164 Å². The van der Waals surface area contributed by atoms with Gasteiger partial charge >= 0.3 is 0 Å². The number of aromatic hydroxyl groups is 1. The number of phenols is 1. The molecule has 2 aliphatic heterocycles. The van der Waals surface area contributed by atoms with E-state index in [1.54, 1.807) is 29.2 Å². The van der Waals surface area contributed by atoms with E-state index in [0.717, 1.165) is 12.1 Å². The summed E-state index contributed by atoms with van der Waals surface area (Å²) in [6.07, 6.45) is 1.06. The fraction of sp³-hybridized carbons (Fsp3) is 0.364. The summed E-state index contributed by atoms with van der Waals surface area (Å²) in [6, 6.07) is 14.1. The van der Waals surface area contributed by atoms with Gasteiger partial charge in [0.05, 0.1) is 0 Å². The molecule has 0 aromatic heterocycles. The average Bonchev–Trinajstić information content (AvgIpc) is 3.12. The Balaban J connectivity index is 1.40. The van der Waals surface area contributed by atoms with Crippen LogP contribution in [0.5, 0.6) is 5.75 Å². The third-order valence-corrected chi connectivity index (χ3v) is 5.72. The minimum atomic E-state index is -0.552. The molecule has 3 N–H and O–H groups in total. The fourth-order valence-corrected chi connectivity index (χ4v) is 4.07. The van der Waals surface area contributed by atoms with Crippen molar-refractivity contribution in [2.24, 2.45) is 0 Å². The molecule has 0 radical (unpaired) electrons. The van der Waals surface area contributed by atoms with Crippen LogP contribution in [0.1, 0.15) is 23.1 Å². The number of nitrogens with one attached hydrogen (secondary N) is 2. The molecule has 2 aliphatic rings. The zero-order valence-electron chi connectivity index (χ0n) is 15.9. The minimum Gasteiger partial charge on any atom is -0.508 e. The minimum absolute atomic E-state index is 0.0298. The van der Waals surface area contributed by atoms with Crippen LogP contribution in [0.15, 0.2) is 48.5 Å². The Morgan fingerprint density at radius 1 is 1.14 bits per heavy atom. The van der Waals surface area contributed by atoms with Gasteiger partial charge in [0.2, 0.25) is 11.8 Å². The summed E-state index contributed by atoms with van der Waals surface area (Å²) in [5.74, 6) is 0.0753. The molecule has 28 heavy (non-hydrogen) atoms. The number of aryl methyl sites for hydroxylation is 1. The first-order valence-electron chi connectivity index (χ1n) is 9.68. The molecule has 0 saturated carbocycles. The molecule has 6 nitrogen and oxygen atoms in total. The first-order chi connectivity index (χ1) is 13.5. The monoisotopic (exact) mass is 379 g/mol. The lowest BCUT2D eigenvalue weighted by atomic mass is 10.0. The van der Waals surface area contributed by atoms with Crippen LogP contribution in [0.3, 0.4) is 0 Å². The summed E-state index contributed by atoms with van der Waals surface area (Å²) in [5, 5.41) is 15.8. The van der Waals surface area contributed by atoms with Gasteiger partial charge in [-0.15, -0.1) is 0 Å². The number of phenolic OH excluding ortho intramolecular Hbond substituents is 1. The highest BCUT2D eigenvalue weighted by Gasteiger charge is 2.46. The maximum atomic E-state index is 12.9. The molecule has 2 aromatic rings. The molecule has 2 fully saturated rings. The SMILES string of the molecule is Cc1ccccc1CN[C@H]1C[C@H]2C(=O)N[C@H](Cc3ccc(O)cc3)C(=O)N2C1. The van der Waals surface area contributed by atoms with Gasteiger partial charge in [-0.2, -0.15) is 0 Å². The van der Waals surface area contributed by atoms with Gasteiger partial charge in [-0.3, -0.25) is 9.59 Å². The van der Waals surface area contributed by atoms with E-state index >= 15 is 0 Å². The molecule has 3 atom stereocenters. The summed E-state index contributed by atoms with van der Waals surface area (Å²) in [7, 11) is 0. The van der Waals surface area contributed by atoms with Crippen LogP contribution in [-0.4, -0.2) is 46.5 Å². The highest BCUT2D eigenvalue weighted by atomic mass is 16.3. The first-order valence-corrected chi connectivity index (χ1v) is 9.68. The second-order valence-corrected chi connectivity index (χ2v) is 7.68. The molecule has 2 saturated heterocycles. The second-order valence-electron chi connectivity index (χ2n) is 7.68. The van der Waals surface area contributed by atoms with Crippen molar-refractivity contribution in [1.82, 2.24) is 15.5 Å². The fourth-order valence-electron chi connectivity index (χ4n) is 4.07. The van der Waals surface area contributed by atoms with Crippen molar-refractivity contribution in [2.45, 2.75) is 44.4 Å². The number of benzene rings is 2. The molecule has 0 aliphatic carbocycles. The van der Waals surface area contributed by atoms with E-state index in [9.17, 15) is 14.7 Å². The van der Waals surface area contributed by atoms with E-state index in [4.69, 9.17) is 0 Å². The van der Waals surface area contributed by atoms with Crippen LogP contribution in [0, 0.1) is 6.92 Å². The maximum Gasteiger partial charge on any atom is 0.246 e. The molecule has 2 amide bonds. The van der Waals surface area contributed by atoms with Crippen LogP contribution < -0.4 is 10.6 Å². The quantitative estimate of drug-likeness (QED) is 0.735. The zero-order chi connectivity index (χ0) is 19.7. The van der Waals surface area contributed by atoms with Gasteiger partial charge in [0.25, 0.3) is 0 Å². The van der Waals surface area contributed by atoms with Crippen LogP contribution in [0.25, 0.3) is 0 Å². The number of piperazine rings is 1. The van der Waals surface area contributed by atoms with Gasteiger partial charge in [-0.1, -0.05) is 36.4 Å². The number of rotatable bonds is 5. The predicted octanol–water partition coefficient (Wildman–Crippen LogP) is 1.50. The third kappa shape index (κ3) is 3.73. The summed E-state index contributed by atoms with van der Waals surface area (Å²) in [4.78, 5) is 27.2. The van der Waals surface area contributed by atoms with Gasteiger partial charge in [-0.05, 0) is 42.2 Å². The van der Waals surface area contributed by atoms with Crippen molar-refractivity contribution in [3.05, 3.63) is 65.2 Å². The number of hydrogen-bond donors (Lipinski definition) is 3. The van der Waals surface area contributed by atoms with E-state index < -0.39 is 12.1 Å². The predicted molar refractivity (Wildman–Crippen MR) is 106 cm³/mol. The molecule has 0 unspecified atom stereocenters. The zero-order valence-corrected chi connectivity index (χ0v) is 15.9. The number of carbonyl (C=O) groups excluding carboxylic acids is 2. The van der Waals surface area contributed by atoms with Crippen LogP contribution in [-0.2, 0) is 22.6 Å². The molecule has 2 heterocycles. The van der Waals surface area contributed by atoms with E-state index in [2.05, 4.69) is 29.7 Å². The Kier molecular flexibility index (Phi) is 5.05. The Morgan fingerprint density at radius 2 is 1.89 bits per heavy atom. The highest BCUT2D eigenvalue weighted by Crippen LogP contribution is 2.24. The molecule has 6 heteroatoms. The summed E-state index contributed by atoms with van der Waals surface area (Å²) >= 11 is 0. The van der Waals surface area contributed by atoms with Crippen molar-refractivity contribution >= 4 is 11.8 Å².